The highest BCUT2D eigenvalue weighted by Gasteiger charge is 2.25. The monoisotopic (exact) mass is 350 g/mol. The number of benzene rings is 1. The molecule has 0 atom stereocenters. The number of aromatic nitrogens is 3. The number of thioether (sulfide) groups is 1. The molecule has 1 aliphatic rings. The Hall–Kier alpha value is -2.60. The van der Waals surface area contributed by atoms with E-state index in [-0.39, 0.29) is 5.91 Å². The molecule has 6 heteroatoms. The van der Waals surface area contributed by atoms with Crippen LogP contribution in [0, 0.1) is 13.8 Å². The first kappa shape index (κ1) is 15.9. The number of nitrogens with zero attached hydrogens (tertiary/aromatic N) is 3. The van der Waals surface area contributed by atoms with Gasteiger partial charge in [0.2, 0.25) is 0 Å². The van der Waals surface area contributed by atoms with Gasteiger partial charge < -0.3 is 5.32 Å². The summed E-state index contributed by atoms with van der Waals surface area (Å²) < 4.78 is 1.87. The maximum absolute atomic E-state index is 12.6. The lowest BCUT2D eigenvalue weighted by molar-refractivity contribution is 0.102. The lowest BCUT2D eigenvalue weighted by atomic mass is 10.1. The minimum absolute atomic E-state index is 0.145. The van der Waals surface area contributed by atoms with Crippen molar-refractivity contribution in [3.8, 4) is 5.69 Å². The normalized spacial score (nSPS) is 12.9. The molecule has 0 saturated carbocycles. The first-order valence-corrected chi connectivity index (χ1v) is 9.26. The summed E-state index contributed by atoms with van der Waals surface area (Å²) in [5, 5.41) is 7.83. The summed E-state index contributed by atoms with van der Waals surface area (Å²) >= 11 is 1.82. The van der Waals surface area contributed by atoms with Crippen LogP contribution >= 0.6 is 11.8 Å². The standard InChI is InChI=1S/C19H18N4OS/c1-12-3-4-17(13(2)9-12)23-18(15-10-25-11-16(15)22-23)21-19(24)14-5-7-20-8-6-14/h3-9H,10-11H2,1-2H3,(H,21,24). The van der Waals surface area contributed by atoms with E-state index < -0.39 is 0 Å². The molecule has 2 aromatic heterocycles. The van der Waals surface area contributed by atoms with Crippen molar-refractivity contribution in [1.82, 2.24) is 14.8 Å². The number of pyridine rings is 1. The smallest absolute Gasteiger partial charge is 0.256 e. The summed E-state index contributed by atoms with van der Waals surface area (Å²) in [5.41, 5.74) is 6.09. The molecule has 3 heterocycles. The third-order valence-corrected chi connectivity index (χ3v) is 5.28. The van der Waals surface area contributed by atoms with Gasteiger partial charge in [0, 0.05) is 35.0 Å². The number of aryl methyl sites for hydroxylation is 2. The van der Waals surface area contributed by atoms with Gasteiger partial charge in [0.25, 0.3) is 5.91 Å². The van der Waals surface area contributed by atoms with Crippen LogP contribution in [0.3, 0.4) is 0 Å². The number of nitrogens with one attached hydrogen (secondary N) is 1. The number of rotatable bonds is 3. The van der Waals surface area contributed by atoms with Crippen molar-refractivity contribution < 1.29 is 4.79 Å². The van der Waals surface area contributed by atoms with E-state index in [2.05, 4.69) is 42.3 Å². The summed E-state index contributed by atoms with van der Waals surface area (Å²) in [7, 11) is 0. The van der Waals surface area contributed by atoms with Crippen LogP contribution in [0.5, 0.6) is 0 Å². The molecule has 1 N–H and O–H groups in total. The van der Waals surface area contributed by atoms with Crippen molar-refractivity contribution in [3.05, 3.63) is 70.7 Å². The molecule has 1 aliphatic heterocycles. The molecular formula is C19H18N4OS. The maximum atomic E-state index is 12.6. The van der Waals surface area contributed by atoms with Gasteiger partial charge in [-0.05, 0) is 37.6 Å². The minimum atomic E-state index is -0.145. The Kier molecular flexibility index (Phi) is 4.05. The molecule has 0 fully saturated rings. The Labute approximate surface area is 150 Å². The summed E-state index contributed by atoms with van der Waals surface area (Å²) in [5.74, 6) is 2.37. The highest BCUT2D eigenvalue weighted by Crippen LogP contribution is 2.36. The number of carbonyl (C=O) groups excluding carboxylic acids is 1. The Bertz CT molecular complexity index is 950. The van der Waals surface area contributed by atoms with Crippen LogP contribution < -0.4 is 5.32 Å². The summed E-state index contributed by atoms with van der Waals surface area (Å²) in [4.78, 5) is 16.6. The molecule has 0 spiro atoms. The molecule has 0 radical (unpaired) electrons. The molecule has 0 unspecified atom stereocenters. The van der Waals surface area contributed by atoms with Crippen molar-refractivity contribution in [3.63, 3.8) is 0 Å². The predicted octanol–water partition coefficient (Wildman–Crippen LogP) is 3.88. The molecule has 0 aliphatic carbocycles. The van der Waals surface area contributed by atoms with E-state index >= 15 is 0 Å². The zero-order chi connectivity index (χ0) is 17.4. The second-order valence-electron chi connectivity index (χ2n) is 6.16. The van der Waals surface area contributed by atoms with Gasteiger partial charge in [-0.15, -0.1) is 0 Å². The highest BCUT2D eigenvalue weighted by molar-refractivity contribution is 7.98. The number of anilines is 1. The third kappa shape index (κ3) is 2.93. The number of amides is 1. The van der Waals surface area contributed by atoms with Crippen LogP contribution in [0.2, 0.25) is 0 Å². The van der Waals surface area contributed by atoms with Crippen LogP contribution in [-0.2, 0) is 11.5 Å². The van der Waals surface area contributed by atoms with Gasteiger partial charge in [-0.1, -0.05) is 17.7 Å². The van der Waals surface area contributed by atoms with Gasteiger partial charge in [0.05, 0.1) is 11.4 Å². The van der Waals surface area contributed by atoms with Crippen LogP contribution in [-0.4, -0.2) is 20.7 Å². The SMILES string of the molecule is Cc1ccc(-n2nc3c(c2NC(=O)c2ccncc2)CSC3)c(C)c1. The second-order valence-corrected chi connectivity index (χ2v) is 7.14. The molecule has 0 saturated heterocycles. The zero-order valence-electron chi connectivity index (χ0n) is 14.1. The van der Waals surface area contributed by atoms with E-state index in [1.165, 1.54) is 5.56 Å². The van der Waals surface area contributed by atoms with E-state index in [1.807, 2.05) is 16.4 Å². The van der Waals surface area contributed by atoms with Gasteiger partial charge in [0.15, 0.2) is 0 Å². The van der Waals surface area contributed by atoms with Gasteiger partial charge in [0.1, 0.15) is 5.82 Å². The van der Waals surface area contributed by atoms with Crippen LogP contribution in [0.15, 0.2) is 42.7 Å². The molecule has 25 heavy (non-hydrogen) atoms. The fraction of sp³-hybridized carbons (Fsp3) is 0.211. The molecule has 3 aromatic rings. The molecular weight excluding hydrogens is 332 g/mol. The number of hydrogen-bond donors (Lipinski definition) is 1. The molecule has 1 amide bonds. The maximum Gasteiger partial charge on any atom is 0.256 e. The predicted molar refractivity (Wildman–Crippen MR) is 100 cm³/mol. The van der Waals surface area contributed by atoms with Crippen molar-refractivity contribution in [1.29, 1.82) is 0 Å². The first-order valence-electron chi connectivity index (χ1n) is 8.11. The minimum Gasteiger partial charge on any atom is -0.306 e. The Morgan fingerprint density at radius 1 is 1.16 bits per heavy atom. The summed E-state index contributed by atoms with van der Waals surface area (Å²) in [6, 6.07) is 9.68. The van der Waals surface area contributed by atoms with Gasteiger partial charge in [-0.2, -0.15) is 16.9 Å². The molecule has 126 valence electrons. The van der Waals surface area contributed by atoms with Crippen molar-refractivity contribution >= 4 is 23.5 Å². The quantitative estimate of drug-likeness (QED) is 0.779. The van der Waals surface area contributed by atoms with Gasteiger partial charge >= 0.3 is 0 Å². The van der Waals surface area contributed by atoms with Crippen molar-refractivity contribution in [2.45, 2.75) is 25.4 Å². The number of hydrogen-bond acceptors (Lipinski definition) is 4. The largest absolute Gasteiger partial charge is 0.306 e. The lowest BCUT2D eigenvalue weighted by Gasteiger charge is -2.13. The van der Waals surface area contributed by atoms with E-state index in [9.17, 15) is 4.79 Å². The highest BCUT2D eigenvalue weighted by atomic mass is 32.2. The summed E-state index contributed by atoms with van der Waals surface area (Å²) in [6.45, 7) is 4.14. The average Bonchev–Trinajstić information content (AvgIpc) is 3.18. The number of fused-ring (bicyclic) bond motifs is 1. The Morgan fingerprint density at radius 3 is 2.72 bits per heavy atom. The second kappa shape index (κ2) is 6.37. The van der Waals surface area contributed by atoms with E-state index in [4.69, 9.17) is 5.10 Å². The van der Waals surface area contributed by atoms with Crippen LogP contribution in [0.1, 0.15) is 32.7 Å². The molecule has 0 bridgehead atoms. The number of carbonyl (C=O) groups is 1. The van der Waals surface area contributed by atoms with E-state index in [0.717, 1.165) is 39.8 Å². The Balaban J connectivity index is 1.77. The lowest BCUT2D eigenvalue weighted by Crippen LogP contribution is -2.16. The molecule has 4 rings (SSSR count). The third-order valence-electron chi connectivity index (χ3n) is 4.31. The van der Waals surface area contributed by atoms with E-state index in [1.54, 1.807) is 24.5 Å². The summed E-state index contributed by atoms with van der Waals surface area (Å²) in [6.07, 6.45) is 3.24. The Morgan fingerprint density at radius 2 is 1.96 bits per heavy atom. The van der Waals surface area contributed by atoms with E-state index in [0.29, 0.717) is 5.56 Å². The fourth-order valence-corrected chi connectivity index (χ4v) is 4.08. The van der Waals surface area contributed by atoms with Crippen LogP contribution in [0.25, 0.3) is 5.69 Å². The van der Waals surface area contributed by atoms with Crippen molar-refractivity contribution in [2.75, 3.05) is 5.32 Å². The first-order chi connectivity index (χ1) is 12.1. The van der Waals surface area contributed by atoms with Crippen molar-refractivity contribution in [2.24, 2.45) is 0 Å². The molecule has 5 nitrogen and oxygen atoms in total. The van der Waals surface area contributed by atoms with Gasteiger partial charge in [-0.25, -0.2) is 4.68 Å². The van der Waals surface area contributed by atoms with Crippen LogP contribution in [0.4, 0.5) is 5.82 Å². The zero-order valence-corrected chi connectivity index (χ0v) is 14.9. The van der Waals surface area contributed by atoms with Gasteiger partial charge in [-0.3, -0.25) is 9.78 Å². The molecule has 1 aromatic carbocycles. The topological polar surface area (TPSA) is 59.8 Å². The fourth-order valence-electron chi connectivity index (χ4n) is 3.04. The average molecular weight is 350 g/mol.